The molecule has 0 aliphatic rings. The number of nitriles is 1. The predicted molar refractivity (Wildman–Crippen MR) is 126 cm³/mol. The van der Waals surface area contributed by atoms with Crippen molar-refractivity contribution in [2.75, 3.05) is 7.11 Å². The van der Waals surface area contributed by atoms with Crippen LogP contribution in [0.1, 0.15) is 44.3 Å². The number of carbonyl (C=O) groups excluding carboxylic acids is 1. The van der Waals surface area contributed by atoms with Crippen LogP contribution >= 0.6 is 0 Å². The number of imidazole rings is 1. The van der Waals surface area contributed by atoms with Crippen molar-refractivity contribution >= 4 is 28.7 Å². The van der Waals surface area contributed by atoms with Gasteiger partial charge >= 0.3 is 5.97 Å². The fourth-order valence-corrected chi connectivity index (χ4v) is 4.02. The fraction of sp³-hybridized carbons (Fsp3) is 0.192. The summed E-state index contributed by atoms with van der Waals surface area (Å²) in [6.07, 6.45) is 1.86. The quantitative estimate of drug-likeness (QED) is 0.349. The third-order valence-electron chi connectivity index (χ3n) is 5.64. The van der Waals surface area contributed by atoms with Gasteiger partial charge < -0.3 is 14.3 Å². The van der Waals surface area contributed by atoms with Crippen molar-refractivity contribution in [3.05, 3.63) is 81.9 Å². The summed E-state index contributed by atoms with van der Waals surface area (Å²) in [7, 11) is 1.38. The number of esters is 1. The van der Waals surface area contributed by atoms with Gasteiger partial charge in [0.25, 0.3) is 0 Å². The SMILES string of the molecule is COC(=O)c1ccc(-n2c(C)cc(C=C(C#N)c3nc4ccc(C)cc4[nH]3)c2C)c(C)c1. The molecule has 1 N–H and O–H groups in total. The number of aromatic nitrogens is 3. The highest BCUT2D eigenvalue weighted by molar-refractivity contribution is 5.91. The van der Waals surface area contributed by atoms with Crippen LogP contribution in [0.3, 0.4) is 0 Å². The summed E-state index contributed by atoms with van der Waals surface area (Å²) in [6, 6.07) is 15.8. The van der Waals surface area contributed by atoms with Crippen LogP contribution < -0.4 is 0 Å². The second-order valence-corrected chi connectivity index (χ2v) is 7.93. The number of H-pyrrole nitrogens is 1. The van der Waals surface area contributed by atoms with Gasteiger partial charge in [-0.25, -0.2) is 9.78 Å². The summed E-state index contributed by atoms with van der Waals surface area (Å²) in [6.45, 7) is 8.03. The van der Waals surface area contributed by atoms with E-state index in [1.165, 1.54) is 7.11 Å². The van der Waals surface area contributed by atoms with Crippen molar-refractivity contribution in [1.82, 2.24) is 14.5 Å². The van der Waals surface area contributed by atoms with E-state index in [0.717, 1.165) is 44.8 Å². The Labute approximate surface area is 186 Å². The Hall–Kier alpha value is -4.11. The topological polar surface area (TPSA) is 83.7 Å². The molecule has 0 radical (unpaired) electrons. The van der Waals surface area contributed by atoms with Gasteiger partial charge in [-0.05, 0) is 86.9 Å². The molecule has 0 unspecified atom stereocenters. The van der Waals surface area contributed by atoms with Crippen LogP contribution in [-0.2, 0) is 4.74 Å². The minimum Gasteiger partial charge on any atom is -0.465 e. The number of aromatic amines is 1. The number of carbonyl (C=O) groups is 1. The van der Waals surface area contributed by atoms with E-state index in [-0.39, 0.29) is 5.97 Å². The summed E-state index contributed by atoms with van der Waals surface area (Å²) >= 11 is 0. The van der Waals surface area contributed by atoms with Crippen LogP contribution in [0.5, 0.6) is 0 Å². The van der Waals surface area contributed by atoms with Crippen LogP contribution in [0.2, 0.25) is 0 Å². The summed E-state index contributed by atoms with van der Waals surface area (Å²) in [4.78, 5) is 19.7. The number of benzene rings is 2. The standard InChI is InChI=1S/C26H24N4O2/c1-15-6-8-22-23(10-15)29-25(28-22)21(14-27)13-20-12-17(3)30(18(20)4)24-9-7-19(11-16(24)2)26(31)32-5/h6-13H,1-5H3,(H,28,29). The van der Waals surface area contributed by atoms with Crippen LogP contribution in [-0.4, -0.2) is 27.6 Å². The molecule has 0 aliphatic heterocycles. The van der Waals surface area contributed by atoms with Crippen molar-refractivity contribution in [2.45, 2.75) is 27.7 Å². The zero-order valence-electron chi connectivity index (χ0n) is 18.8. The van der Waals surface area contributed by atoms with Gasteiger partial charge in [0.05, 0.1) is 29.3 Å². The zero-order chi connectivity index (χ0) is 23.0. The molecule has 0 aliphatic carbocycles. The van der Waals surface area contributed by atoms with E-state index in [9.17, 15) is 10.1 Å². The Morgan fingerprint density at radius 2 is 1.91 bits per heavy atom. The van der Waals surface area contributed by atoms with E-state index in [1.54, 1.807) is 6.07 Å². The summed E-state index contributed by atoms with van der Waals surface area (Å²) in [5.74, 6) is 0.195. The molecule has 4 aromatic rings. The average Bonchev–Trinajstić information content (AvgIpc) is 3.31. The monoisotopic (exact) mass is 424 g/mol. The highest BCUT2D eigenvalue weighted by Crippen LogP contribution is 2.27. The first-order chi connectivity index (χ1) is 15.3. The summed E-state index contributed by atoms with van der Waals surface area (Å²) in [5.41, 5.74) is 8.76. The molecule has 6 heteroatoms. The van der Waals surface area contributed by atoms with Gasteiger partial charge in [0.1, 0.15) is 11.9 Å². The lowest BCUT2D eigenvalue weighted by Crippen LogP contribution is -2.05. The van der Waals surface area contributed by atoms with Gasteiger partial charge in [0.15, 0.2) is 0 Å². The first-order valence-electron chi connectivity index (χ1n) is 10.3. The van der Waals surface area contributed by atoms with Crippen molar-refractivity contribution in [3.63, 3.8) is 0 Å². The van der Waals surface area contributed by atoms with Gasteiger partial charge in [-0.2, -0.15) is 5.26 Å². The van der Waals surface area contributed by atoms with Gasteiger partial charge in [-0.15, -0.1) is 0 Å². The molecule has 6 nitrogen and oxygen atoms in total. The lowest BCUT2D eigenvalue weighted by molar-refractivity contribution is 0.0600. The summed E-state index contributed by atoms with van der Waals surface area (Å²) < 4.78 is 6.95. The molecule has 2 aromatic heterocycles. The Bertz CT molecular complexity index is 1430. The number of aryl methyl sites for hydroxylation is 3. The van der Waals surface area contributed by atoms with Crippen molar-refractivity contribution in [2.24, 2.45) is 0 Å². The van der Waals surface area contributed by atoms with Crippen LogP contribution in [0, 0.1) is 39.0 Å². The number of hydrogen-bond acceptors (Lipinski definition) is 4. The van der Waals surface area contributed by atoms with Crippen LogP contribution in [0.25, 0.3) is 28.4 Å². The molecule has 0 spiro atoms. The van der Waals surface area contributed by atoms with Gasteiger partial charge in [-0.3, -0.25) is 0 Å². The normalized spacial score (nSPS) is 11.6. The Kier molecular flexibility index (Phi) is 5.41. The minimum atomic E-state index is -0.357. The Morgan fingerprint density at radius 3 is 2.59 bits per heavy atom. The largest absolute Gasteiger partial charge is 0.465 e. The van der Waals surface area contributed by atoms with E-state index in [0.29, 0.717) is 17.0 Å². The maximum absolute atomic E-state index is 11.8. The molecule has 2 heterocycles. The molecule has 32 heavy (non-hydrogen) atoms. The smallest absolute Gasteiger partial charge is 0.337 e. The van der Waals surface area contributed by atoms with Crippen LogP contribution in [0.15, 0.2) is 42.5 Å². The van der Waals surface area contributed by atoms with Gasteiger partial charge in [0, 0.05) is 17.1 Å². The van der Waals surface area contributed by atoms with Crippen molar-refractivity contribution in [3.8, 4) is 11.8 Å². The maximum atomic E-state index is 11.8. The number of fused-ring (bicyclic) bond motifs is 1. The van der Waals surface area contributed by atoms with E-state index in [2.05, 4.69) is 20.6 Å². The van der Waals surface area contributed by atoms with Crippen molar-refractivity contribution in [1.29, 1.82) is 5.26 Å². The van der Waals surface area contributed by atoms with E-state index in [1.807, 2.05) is 70.2 Å². The van der Waals surface area contributed by atoms with Gasteiger partial charge in [0.2, 0.25) is 0 Å². The molecular formula is C26H24N4O2. The number of methoxy groups -OCH3 is 1. The molecule has 0 saturated carbocycles. The molecule has 2 aromatic carbocycles. The maximum Gasteiger partial charge on any atom is 0.337 e. The molecule has 160 valence electrons. The van der Waals surface area contributed by atoms with E-state index < -0.39 is 0 Å². The number of rotatable bonds is 4. The third-order valence-corrected chi connectivity index (χ3v) is 5.64. The van der Waals surface area contributed by atoms with Crippen molar-refractivity contribution < 1.29 is 9.53 Å². The molecule has 0 saturated heterocycles. The first-order valence-corrected chi connectivity index (χ1v) is 10.3. The fourth-order valence-electron chi connectivity index (χ4n) is 4.02. The highest BCUT2D eigenvalue weighted by Gasteiger charge is 2.15. The summed E-state index contributed by atoms with van der Waals surface area (Å²) in [5, 5.41) is 9.83. The molecule has 0 amide bonds. The lowest BCUT2D eigenvalue weighted by Gasteiger charge is -2.14. The number of hydrogen-bond donors (Lipinski definition) is 1. The molecular weight excluding hydrogens is 400 g/mol. The molecule has 0 atom stereocenters. The Morgan fingerprint density at radius 1 is 1.12 bits per heavy atom. The highest BCUT2D eigenvalue weighted by atomic mass is 16.5. The Balaban J connectivity index is 1.77. The number of allylic oxidation sites excluding steroid dienone is 1. The van der Waals surface area contributed by atoms with E-state index in [4.69, 9.17) is 4.74 Å². The number of ether oxygens (including phenoxy) is 1. The predicted octanol–water partition coefficient (Wildman–Crippen LogP) is 5.44. The molecule has 4 rings (SSSR count). The van der Waals surface area contributed by atoms with Gasteiger partial charge in [-0.1, -0.05) is 6.07 Å². The molecule has 0 bridgehead atoms. The second kappa shape index (κ2) is 8.20. The second-order valence-electron chi connectivity index (χ2n) is 7.93. The number of nitrogens with zero attached hydrogens (tertiary/aromatic N) is 3. The first kappa shape index (κ1) is 21.1. The minimum absolute atomic E-state index is 0.357. The number of nitrogens with one attached hydrogen (secondary N) is 1. The molecule has 0 fully saturated rings. The van der Waals surface area contributed by atoms with E-state index >= 15 is 0 Å². The average molecular weight is 425 g/mol. The third kappa shape index (κ3) is 3.69. The zero-order valence-corrected chi connectivity index (χ0v) is 18.8. The van der Waals surface area contributed by atoms with Crippen LogP contribution in [0.4, 0.5) is 0 Å². The lowest BCUT2D eigenvalue weighted by atomic mass is 10.1.